The standard InChI is InChI=1S/C32H32FN5O6S/c1-21(2)29(31(40)41)35-45(43,44)37-16-14-36(15-17-37)26-11-8-22(9-12-26)6-7-23-10-13-28-27(19-23)30(39)38(32(42)34-28)20-24-4-3-5-25(33)18-24/h3-5,8-13,18-19,21,29,35H,14-17,20H2,1-2H3,(H,34,42)(H,40,41)/t29-/m1/s1. The molecule has 1 fully saturated rings. The van der Waals surface area contributed by atoms with E-state index >= 15 is 0 Å². The van der Waals surface area contributed by atoms with E-state index in [-0.39, 0.29) is 25.0 Å². The number of H-pyrrole nitrogens is 1. The van der Waals surface area contributed by atoms with E-state index in [1.54, 1.807) is 38.1 Å². The molecule has 1 aliphatic rings. The Morgan fingerprint density at radius 3 is 2.29 bits per heavy atom. The lowest BCUT2D eigenvalue weighted by molar-refractivity contribution is -0.140. The second-order valence-corrected chi connectivity index (χ2v) is 12.8. The molecule has 0 saturated carbocycles. The van der Waals surface area contributed by atoms with E-state index in [4.69, 9.17) is 0 Å². The predicted octanol–water partition coefficient (Wildman–Crippen LogP) is 2.34. The Labute approximate surface area is 259 Å². The van der Waals surface area contributed by atoms with Gasteiger partial charge in [0.05, 0.1) is 17.4 Å². The number of benzene rings is 3. The van der Waals surface area contributed by atoms with Gasteiger partial charge in [-0.05, 0) is 66.1 Å². The van der Waals surface area contributed by atoms with Crippen LogP contribution in [0.1, 0.15) is 30.5 Å². The number of hydrogen-bond acceptors (Lipinski definition) is 6. The van der Waals surface area contributed by atoms with Gasteiger partial charge in [0.15, 0.2) is 0 Å². The van der Waals surface area contributed by atoms with Crippen molar-refractivity contribution in [3.63, 3.8) is 0 Å². The Kier molecular flexibility index (Phi) is 9.19. The molecule has 5 rings (SSSR count). The summed E-state index contributed by atoms with van der Waals surface area (Å²) in [7, 11) is -3.95. The molecule has 0 bridgehead atoms. The zero-order valence-electron chi connectivity index (χ0n) is 24.7. The number of aliphatic carboxylic acids is 1. The van der Waals surface area contributed by atoms with Gasteiger partial charge in [0.1, 0.15) is 11.9 Å². The van der Waals surface area contributed by atoms with E-state index in [0.717, 1.165) is 15.8 Å². The van der Waals surface area contributed by atoms with E-state index in [1.807, 2.05) is 29.2 Å². The van der Waals surface area contributed by atoms with Crippen molar-refractivity contribution in [1.82, 2.24) is 18.6 Å². The van der Waals surface area contributed by atoms with Crippen molar-refractivity contribution in [2.75, 3.05) is 31.1 Å². The maximum Gasteiger partial charge on any atom is 0.329 e. The number of rotatable bonds is 8. The minimum atomic E-state index is -3.95. The Morgan fingerprint density at radius 1 is 0.978 bits per heavy atom. The molecule has 0 radical (unpaired) electrons. The molecule has 1 saturated heterocycles. The summed E-state index contributed by atoms with van der Waals surface area (Å²) in [5.74, 6) is 4.05. The fourth-order valence-corrected chi connectivity index (χ4v) is 6.57. The normalized spacial score (nSPS) is 14.7. The Morgan fingerprint density at radius 2 is 1.64 bits per heavy atom. The summed E-state index contributed by atoms with van der Waals surface area (Å²) in [6.45, 7) is 4.50. The molecule has 3 N–H and O–H groups in total. The average molecular weight is 634 g/mol. The maximum absolute atomic E-state index is 13.6. The van der Waals surface area contributed by atoms with Crippen molar-refractivity contribution in [1.29, 1.82) is 0 Å². The minimum absolute atomic E-state index is 0.0742. The van der Waals surface area contributed by atoms with Gasteiger partial charge in [-0.1, -0.05) is 37.8 Å². The van der Waals surface area contributed by atoms with Crippen molar-refractivity contribution < 1.29 is 22.7 Å². The summed E-state index contributed by atoms with van der Waals surface area (Å²) in [5, 5.41) is 9.63. The number of carboxylic acid groups (broad SMARTS) is 1. The number of anilines is 1. The molecule has 1 aliphatic heterocycles. The molecule has 0 amide bonds. The predicted molar refractivity (Wildman–Crippen MR) is 169 cm³/mol. The van der Waals surface area contributed by atoms with Crippen LogP contribution >= 0.6 is 0 Å². The van der Waals surface area contributed by atoms with Crippen molar-refractivity contribution >= 4 is 32.8 Å². The number of piperazine rings is 1. The van der Waals surface area contributed by atoms with Crippen LogP contribution in [0.3, 0.4) is 0 Å². The maximum atomic E-state index is 13.6. The van der Waals surface area contributed by atoms with Crippen molar-refractivity contribution in [3.8, 4) is 11.8 Å². The van der Waals surface area contributed by atoms with Crippen LogP contribution in [-0.4, -0.2) is 65.6 Å². The van der Waals surface area contributed by atoms with Crippen molar-refractivity contribution in [2.45, 2.75) is 26.4 Å². The summed E-state index contributed by atoms with van der Waals surface area (Å²) in [6, 6.07) is 16.9. The number of hydrogen-bond donors (Lipinski definition) is 3. The lowest BCUT2D eigenvalue weighted by atomic mass is 10.1. The molecule has 0 aliphatic carbocycles. The number of halogens is 1. The quantitative estimate of drug-likeness (QED) is 0.253. The Hall–Kier alpha value is -4.77. The topological polar surface area (TPSA) is 145 Å². The third-order valence-electron chi connectivity index (χ3n) is 7.58. The van der Waals surface area contributed by atoms with E-state index in [1.165, 1.54) is 22.5 Å². The summed E-state index contributed by atoms with van der Waals surface area (Å²) in [5.41, 5.74) is 1.96. The average Bonchev–Trinajstić information content (AvgIpc) is 3.01. The number of carbonyl (C=O) groups is 1. The van der Waals surface area contributed by atoms with Crippen LogP contribution < -0.4 is 20.9 Å². The van der Waals surface area contributed by atoms with Gasteiger partial charge < -0.3 is 15.0 Å². The largest absolute Gasteiger partial charge is 0.480 e. The fraction of sp³-hybridized carbons (Fsp3) is 0.281. The first-order valence-electron chi connectivity index (χ1n) is 14.3. The second kappa shape index (κ2) is 13.1. The smallest absolute Gasteiger partial charge is 0.329 e. The van der Waals surface area contributed by atoms with Crippen molar-refractivity contribution in [3.05, 3.63) is 110 Å². The zero-order chi connectivity index (χ0) is 32.3. The van der Waals surface area contributed by atoms with Crippen LogP contribution in [0.2, 0.25) is 0 Å². The van der Waals surface area contributed by atoms with E-state index < -0.39 is 45.2 Å². The van der Waals surface area contributed by atoms with Crippen LogP contribution in [0.15, 0.2) is 76.3 Å². The molecule has 45 heavy (non-hydrogen) atoms. The second-order valence-electron chi connectivity index (χ2n) is 11.1. The molecule has 11 nitrogen and oxygen atoms in total. The molecule has 1 atom stereocenters. The molecule has 2 heterocycles. The highest BCUT2D eigenvalue weighted by molar-refractivity contribution is 7.87. The third kappa shape index (κ3) is 7.31. The van der Waals surface area contributed by atoms with E-state index in [2.05, 4.69) is 21.5 Å². The Balaban J connectivity index is 1.26. The lowest BCUT2D eigenvalue weighted by Gasteiger charge is -2.36. The molecule has 13 heteroatoms. The summed E-state index contributed by atoms with van der Waals surface area (Å²) >= 11 is 0. The fourth-order valence-electron chi connectivity index (χ4n) is 5.08. The van der Waals surface area contributed by atoms with E-state index in [0.29, 0.717) is 29.7 Å². The minimum Gasteiger partial charge on any atom is -0.480 e. The van der Waals surface area contributed by atoms with Gasteiger partial charge in [-0.3, -0.25) is 14.2 Å². The third-order valence-corrected chi connectivity index (χ3v) is 9.18. The first-order chi connectivity index (χ1) is 21.4. The first kappa shape index (κ1) is 31.6. The highest BCUT2D eigenvalue weighted by Gasteiger charge is 2.33. The molecule has 3 aromatic carbocycles. The van der Waals surface area contributed by atoms with Crippen LogP contribution in [0.5, 0.6) is 0 Å². The summed E-state index contributed by atoms with van der Waals surface area (Å²) < 4.78 is 43.7. The number of nitrogens with zero attached hydrogens (tertiary/aromatic N) is 3. The molecular formula is C32H32FN5O6S. The molecular weight excluding hydrogens is 601 g/mol. The summed E-state index contributed by atoms with van der Waals surface area (Å²) in [6.07, 6.45) is 0. The first-order valence-corrected chi connectivity index (χ1v) is 15.7. The van der Waals surface area contributed by atoms with Gasteiger partial charge in [0.2, 0.25) is 0 Å². The van der Waals surface area contributed by atoms with Gasteiger partial charge >= 0.3 is 11.7 Å². The van der Waals surface area contributed by atoms with E-state index in [9.17, 15) is 32.3 Å². The van der Waals surface area contributed by atoms with Gasteiger partial charge in [0, 0.05) is 43.0 Å². The van der Waals surface area contributed by atoms with Crippen LogP contribution in [0.4, 0.5) is 10.1 Å². The highest BCUT2D eigenvalue weighted by atomic mass is 32.2. The van der Waals surface area contributed by atoms with Crippen LogP contribution in [-0.2, 0) is 21.5 Å². The SMILES string of the molecule is CC(C)[C@@H](NS(=O)(=O)N1CCN(c2ccc(C#Cc3ccc4[nH]c(=O)n(Cc5cccc(F)c5)c(=O)c4c3)cc2)CC1)C(=O)O. The highest BCUT2D eigenvalue weighted by Crippen LogP contribution is 2.19. The Bertz CT molecular complexity index is 2020. The number of fused-ring (bicyclic) bond motifs is 1. The molecule has 234 valence electrons. The van der Waals surface area contributed by atoms with Gasteiger partial charge in [-0.2, -0.15) is 17.4 Å². The van der Waals surface area contributed by atoms with Gasteiger partial charge in [-0.15, -0.1) is 0 Å². The van der Waals surface area contributed by atoms with Gasteiger partial charge in [-0.25, -0.2) is 9.18 Å². The molecule has 1 aromatic heterocycles. The number of aromatic nitrogens is 2. The molecule has 0 spiro atoms. The lowest BCUT2D eigenvalue weighted by Crippen LogP contribution is -2.55. The number of aromatic amines is 1. The number of nitrogens with one attached hydrogen (secondary N) is 2. The van der Waals surface area contributed by atoms with Crippen LogP contribution in [0.25, 0.3) is 10.9 Å². The van der Waals surface area contributed by atoms with Crippen LogP contribution in [0, 0.1) is 23.6 Å². The van der Waals surface area contributed by atoms with Gasteiger partial charge in [0.25, 0.3) is 15.8 Å². The number of carboxylic acids is 1. The van der Waals surface area contributed by atoms with Crippen molar-refractivity contribution in [2.24, 2.45) is 5.92 Å². The monoisotopic (exact) mass is 633 g/mol. The molecule has 0 unspecified atom stereocenters. The zero-order valence-corrected chi connectivity index (χ0v) is 25.5. The molecule has 4 aromatic rings. The summed E-state index contributed by atoms with van der Waals surface area (Å²) in [4.78, 5) is 41.9.